The normalized spacial score (nSPS) is 14.0. The summed E-state index contributed by atoms with van der Waals surface area (Å²) in [5.74, 6) is -0.151. The second kappa shape index (κ2) is 13.5. The van der Waals surface area contributed by atoms with Gasteiger partial charge in [0.2, 0.25) is 0 Å². The zero-order valence-electron chi connectivity index (χ0n) is 6.57. The maximum Gasteiger partial charge on any atom is 1.00 e. The minimum Gasteiger partial charge on any atom is -0.772 e. The molecule has 2 unspecified atom stereocenters. The SMILES string of the molecule is O=S([O-])CCCS(=O)[O-].[K+].[K+]. The summed E-state index contributed by atoms with van der Waals surface area (Å²) in [6.07, 6.45) is 0.187. The number of hydrogen-bond acceptors (Lipinski definition) is 4. The quantitative estimate of drug-likeness (QED) is 0.366. The third kappa shape index (κ3) is 19.8. The van der Waals surface area contributed by atoms with E-state index >= 15 is 0 Å². The third-order valence-corrected chi connectivity index (χ3v) is 1.87. The largest absolute Gasteiger partial charge is 1.00 e. The fourth-order valence-electron chi connectivity index (χ4n) is 0.295. The van der Waals surface area contributed by atoms with Crippen LogP contribution in [0.2, 0.25) is 0 Å². The summed E-state index contributed by atoms with van der Waals surface area (Å²) in [6.45, 7) is 0. The van der Waals surface area contributed by atoms with Crippen molar-refractivity contribution < 1.29 is 120 Å². The van der Waals surface area contributed by atoms with Crippen molar-refractivity contribution in [3.05, 3.63) is 0 Å². The Morgan fingerprint density at radius 1 is 0.909 bits per heavy atom. The second-order valence-electron chi connectivity index (χ2n) is 1.37. The van der Waals surface area contributed by atoms with Gasteiger partial charge in [0.15, 0.2) is 0 Å². The van der Waals surface area contributed by atoms with Crippen LogP contribution in [0.5, 0.6) is 0 Å². The molecule has 11 heavy (non-hydrogen) atoms. The van der Waals surface area contributed by atoms with E-state index in [0.29, 0.717) is 0 Å². The van der Waals surface area contributed by atoms with Gasteiger partial charge in [0.25, 0.3) is 0 Å². The van der Waals surface area contributed by atoms with Crippen LogP contribution in [-0.4, -0.2) is 29.0 Å². The van der Waals surface area contributed by atoms with E-state index < -0.39 is 22.2 Å². The van der Waals surface area contributed by atoms with Gasteiger partial charge in [0.1, 0.15) is 0 Å². The Morgan fingerprint density at radius 2 is 1.18 bits per heavy atom. The standard InChI is InChI=1S/C3H8O4S2.2K/c4-8(5)2-1-3-9(6)7;;/h1-3H2,(H,4,5)(H,6,7);;/q;2*+1/p-2. The van der Waals surface area contributed by atoms with Gasteiger partial charge in [0.05, 0.1) is 0 Å². The molecule has 0 aliphatic carbocycles. The van der Waals surface area contributed by atoms with Gasteiger partial charge in [-0.2, -0.15) is 0 Å². The first-order chi connectivity index (χ1) is 4.13. The minimum atomic E-state index is -2.11. The van der Waals surface area contributed by atoms with Gasteiger partial charge in [-0.05, 0) is 6.42 Å². The van der Waals surface area contributed by atoms with Crippen molar-refractivity contribution in [2.45, 2.75) is 6.42 Å². The van der Waals surface area contributed by atoms with E-state index in [2.05, 4.69) is 0 Å². The summed E-state index contributed by atoms with van der Waals surface area (Å²) in [7, 11) is 0. The van der Waals surface area contributed by atoms with Crippen LogP contribution in [-0.2, 0) is 22.2 Å². The van der Waals surface area contributed by atoms with Gasteiger partial charge in [-0.3, -0.25) is 8.42 Å². The summed E-state index contributed by atoms with van der Waals surface area (Å²) >= 11 is -4.21. The maximum absolute atomic E-state index is 9.78. The van der Waals surface area contributed by atoms with Crippen molar-refractivity contribution in [1.29, 1.82) is 0 Å². The number of rotatable bonds is 4. The summed E-state index contributed by atoms with van der Waals surface area (Å²) in [6, 6.07) is 0. The summed E-state index contributed by atoms with van der Waals surface area (Å²) in [5, 5.41) is 0. The van der Waals surface area contributed by atoms with E-state index in [1.807, 2.05) is 0 Å². The van der Waals surface area contributed by atoms with Crippen LogP contribution in [0.3, 0.4) is 0 Å². The molecule has 0 N–H and O–H groups in total. The van der Waals surface area contributed by atoms with Gasteiger partial charge in [-0.1, -0.05) is 22.2 Å². The molecular formula is C3H6K2O4S2. The van der Waals surface area contributed by atoms with Gasteiger partial charge in [0, 0.05) is 11.5 Å². The summed E-state index contributed by atoms with van der Waals surface area (Å²) in [5.41, 5.74) is 0. The van der Waals surface area contributed by atoms with Gasteiger partial charge in [-0.15, -0.1) is 0 Å². The Balaban J connectivity index is -0.000000320. The van der Waals surface area contributed by atoms with E-state index in [9.17, 15) is 17.5 Å². The average Bonchev–Trinajstić information content (AvgIpc) is 1.63. The molecule has 56 valence electrons. The van der Waals surface area contributed by atoms with Gasteiger partial charge in [-0.25, -0.2) is 0 Å². The van der Waals surface area contributed by atoms with E-state index in [-0.39, 0.29) is 121 Å². The van der Waals surface area contributed by atoms with Crippen LogP contribution in [0, 0.1) is 0 Å². The van der Waals surface area contributed by atoms with Crippen LogP contribution in [0.1, 0.15) is 6.42 Å². The molecule has 2 atom stereocenters. The third-order valence-electron chi connectivity index (χ3n) is 0.622. The molecule has 0 spiro atoms. The fourth-order valence-corrected chi connectivity index (χ4v) is 1.24. The zero-order valence-corrected chi connectivity index (χ0v) is 14.5. The monoisotopic (exact) mass is 248 g/mol. The van der Waals surface area contributed by atoms with Crippen molar-refractivity contribution in [1.82, 2.24) is 0 Å². The van der Waals surface area contributed by atoms with Gasteiger partial charge >= 0.3 is 103 Å². The molecule has 0 radical (unpaired) electrons. The average molecular weight is 248 g/mol. The van der Waals surface area contributed by atoms with Crippen LogP contribution in [0.15, 0.2) is 0 Å². The predicted molar refractivity (Wildman–Crippen MR) is 32.2 cm³/mol. The van der Waals surface area contributed by atoms with Crippen molar-refractivity contribution in [3.8, 4) is 0 Å². The molecule has 0 aromatic heterocycles. The Labute approximate surface area is 156 Å². The first-order valence-electron chi connectivity index (χ1n) is 2.24. The Morgan fingerprint density at radius 3 is 1.36 bits per heavy atom. The molecule has 0 aromatic rings. The molecular weight excluding hydrogens is 242 g/mol. The topological polar surface area (TPSA) is 80.3 Å². The minimum absolute atomic E-state index is 0. The molecule has 0 aliphatic rings. The van der Waals surface area contributed by atoms with Crippen molar-refractivity contribution in [2.75, 3.05) is 11.5 Å². The molecule has 4 nitrogen and oxygen atoms in total. The molecule has 0 saturated carbocycles. The molecule has 0 rings (SSSR count). The molecule has 0 fully saturated rings. The molecule has 8 heteroatoms. The second-order valence-corrected chi connectivity index (χ2v) is 3.40. The van der Waals surface area contributed by atoms with E-state index in [1.54, 1.807) is 0 Å². The van der Waals surface area contributed by atoms with Crippen molar-refractivity contribution in [3.63, 3.8) is 0 Å². The Kier molecular flexibility index (Phi) is 24.5. The van der Waals surface area contributed by atoms with Crippen LogP contribution in [0.4, 0.5) is 0 Å². The molecule has 0 aromatic carbocycles. The van der Waals surface area contributed by atoms with Crippen molar-refractivity contribution in [2.24, 2.45) is 0 Å². The summed E-state index contributed by atoms with van der Waals surface area (Å²) in [4.78, 5) is 0. The van der Waals surface area contributed by atoms with Crippen molar-refractivity contribution >= 4 is 22.2 Å². The molecule has 0 saturated heterocycles. The Hall–Kier alpha value is 3.49. The summed E-state index contributed by atoms with van der Waals surface area (Å²) < 4.78 is 39.1. The smallest absolute Gasteiger partial charge is 0.772 e. The molecule has 0 heterocycles. The van der Waals surface area contributed by atoms with Gasteiger partial charge < -0.3 is 9.11 Å². The molecule has 0 aliphatic heterocycles. The van der Waals surface area contributed by atoms with E-state index in [0.717, 1.165) is 0 Å². The van der Waals surface area contributed by atoms with Crippen LogP contribution in [0.25, 0.3) is 0 Å². The van der Waals surface area contributed by atoms with Crippen LogP contribution < -0.4 is 103 Å². The first-order valence-corrected chi connectivity index (χ1v) is 4.73. The first kappa shape index (κ1) is 20.0. The zero-order chi connectivity index (χ0) is 7.28. The maximum atomic E-state index is 9.78. The predicted octanol–water partition coefficient (Wildman–Crippen LogP) is -6.86. The Bertz CT molecular complexity index is 117. The molecule has 0 bridgehead atoms. The molecule has 0 amide bonds. The van der Waals surface area contributed by atoms with Crippen LogP contribution >= 0.6 is 0 Å². The van der Waals surface area contributed by atoms with E-state index in [4.69, 9.17) is 0 Å². The van der Waals surface area contributed by atoms with E-state index in [1.165, 1.54) is 0 Å². The number of hydrogen-bond donors (Lipinski definition) is 0. The fraction of sp³-hybridized carbons (Fsp3) is 1.00.